The summed E-state index contributed by atoms with van der Waals surface area (Å²) in [4.78, 5) is 42.7. The molecule has 4 rings (SSSR count). The second-order valence-corrected chi connectivity index (χ2v) is 8.86. The molecule has 0 spiro atoms. The molecule has 0 saturated carbocycles. The molecule has 3 aromatic rings. The number of aromatic nitrogens is 1. The number of carbonyl (C=O) groups is 3. The second kappa shape index (κ2) is 10.4. The van der Waals surface area contributed by atoms with Crippen LogP contribution in [0.2, 0.25) is 0 Å². The number of rotatable bonds is 6. The summed E-state index contributed by atoms with van der Waals surface area (Å²) in [6, 6.07) is 16.8. The van der Waals surface area contributed by atoms with Crippen molar-refractivity contribution in [3.05, 3.63) is 78.0 Å². The summed E-state index contributed by atoms with van der Waals surface area (Å²) in [5, 5.41) is 14.7. The molecular formula is C27H28N4O4. The first-order chi connectivity index (χ1) is 16.8. The molecular weight excluding hydrogens is 444 g/mol. The van der Waals surface area contributed by atoms with Gasteiger partial charge in [0.05, 0.1) is 5.56 Å². The summed E-state index contributed by atoms with van der Waals surface area (Å²) in [7, 11) is 0. The normalized spacial score (nSPS) is 15.2. The van der Waals surface area contributed by atoms with Crippen molar-refractivity contribution < 1.29 is 19.5 Å². The number of likely N-dealkylation sites (tertiary alicyclic amines) is 1. The molecule has 1 saturated heterocycles. The number of carbonyl (C=O) groups excluding carboxylic acids is 2. The Kier molecular flexibility index (Phi) is 7.10. The predicted octanol–water partition coefficient (Wildman–Crippen LogP) is 5.21. The summed E-state index contributed by atoms with van der Waals surface area (Å²) >= 11 is 0. The van der Waals surface area contributed by atoms with Crippen LogP contribution >= 0.6 is 0 Å². The van der Waals surface area contributed by atoms with Crippen LogP contribution in [0.3, 0.4) is 0 Å². The van der Waals surface area contributed by atoms with E-state index in [9.17, 15) is 14.4 Å². The number of anilines is 2. The molecule has 0 radical (unpaired) electrons. The molecule has 180 valence electrons. The van der Waals surface area contributed by atoms with Crippen LogP contribution in [-0.2, 0) is 4.79 Å². The molecule has 35 heavy (non-hydrogen) atoms. The maximum absolute atomic E-state index is 12.9. The number of benzene rings is 2. The number of hydrogen-bond acceptors (Lipinski definition) is 4. The van der Waals surface area contributed by atoms with Gasteiger partial charge in [-0.05, 0) is 66.3 Å². The Morgan fingerprint density at radius 3 is 2.23 bits per heavy atom. The van der Waals surface area contributed by atoms with Crippen molar-refractivity contribution in [3.8, 4) is 11.1 Å². The van der Waals surface area contributed by atoms with Gasteiger partial charge in [0.1, 0.15) is 11.9 Å². The van der Waals surface area contributed by atoms with Crippen molar-refractivity contribution in [2.75, 3.05) is 17.2 Å². The van der Waals surface area contributed by atoms with Crippen molar-refractivity contribution in [1.29, 1.82) is 0 Å². The fourth-order valence-corrected chi connectivity index (χ4v) is 4.08. The number of amides is 3. The maximum atomic E-state index is 12.9. The zero-order valence-corrected chi connectivity index (χ0v) is 19.7. The van der Waals surface area contributed by atoms with Gasteiger partial charge < -0.3 is 20.6 Å². The van der Waals surface area contributed by atoms with Crippen molar-refractivity contribution in [1.82, 2.24) is 9.88 Å². The van der Waals surface area contributed by atoms with Crippen LogP contribution in [-0.4, -0.2) is 45.5 Å². The van der Waals surface area contributed by atoms with Crippen molar-refractivity contribution in [2.45, 2.75) is 38.6 Å². The van der Waals surface area contributed by atoms with Gasteiger partial charge in [0.15, 0.2) is 0 Å². The van der Waals surface area contributed by atoms with Gasteiger partial charge in [-0.3, -0.25) is 4.79 Å². The fraction of sp³-hybridized carbons (Fsp3) is 0.259. The van der Waals surface area contributed by atoms with Crippen molar-refractivity contribution in [3.63, 3.8) is 0 Å². The smallest absolute Gasteiger partial charge is 0.335 e. The number of nitrogens with one attached hydrogen (secondary N) is 2. The zero-order valence-electron chi connectivity index (χ0n) is 19.7. The highest BCUT2D eigenvalue weighted by molar-refractivity contribution is 5.99. The first-order valence-corrected chi connectivity index (χ1v) is 11.6. The van der Waals surface area contributed by atoms with E-state index in [0.717, 1.165) is 17.5 Å². The number of carboxylic acids is 1. The first-order valence-electron chi connectivity index (χ1n) is 11.6. The molecule has 2 aromatic carbocycles. The van der Waals surface area contributed by atoms with Gasteiger partial charge in [0.2, 0.25) is 5.91 Å². The summed E-state index contributed by atoms with van der Waals surface area (Å²) in [5.74, 6) is -0.464. The topological polar surface area (TPSA) is 112 Å². The molecule has 1 aliphatic heterocycles. The Morgan fingerprint density at radius 2 is 1.63 bits per heavy atom. The molecule has 1 aromatic heterocycles. The van der Waals surface area contributed by atoms with E-state index in [-0.39, 0.29) is 17.5 Å². The molecule has 1 fully saturated rings. The Hall–Kier alpha value is -4.20. The zero-order chi connectivity index (χ0) is 24.9. The molecule has 1 atom stereocenters. The largest absolute Gasteiger partial charge is 0.478 e. The Balaban J connectivity index is 1.37. The van der Waals surface area contributed by atoms with Crippen molar-refractivity contribution in [2.24, 2.45) is 0 Å². The van der Waals surface area contributed by atoms with Gasteiger partial charge in [0, 0.05) is 24.0 Å². The number of hydrogen-bond donors (Lipinski definition) is 3. The van der Waals surface area contributed by atoms with E-state index < -0.39 is 12.0 Å². The Bertz CT molecular complexity index is 1210. The SMILES string of the molecule is CC(C)c1ccc(NC(=O)N2CCC[C@@H]2C(=O)Nc2ccc(-c3ccc(C(=O)O)cc3)cn2)cc1. The first kappa shape index (κ1) is 23.9. The molecule has 8 nitrogen and oxygen atoms in total. The lowest BCUT2D eigenvalue weighted by molar-refractivity contribution is -0.119. The number of aromatic carboxylic acids is 1. The summed E-state index contributed by atoms with van der Waals surface area (Å²) in [6.07, 6.45) is 2.95. The van der Waals surface area contributed by atoms with E-state index in [4.69, 9.17) is 5.11 Å². The molecule has 3 N–H and O–H groups in total. The van der Waals surface area contributed by atoms with E-state index in [1.54, 1.807) is 35.4 Å². The van der Waals surface area contributed by atoms with Gasteiger partial charge in [-0.1, -0.05) is 38.1 Å². The number of urea groups is 1. The van der Waals surface area contributed by atoms with E-state index in [1.165, 1.54) is 17.7 Å². The molecule has 2 heterocycles. The number of carboxylic acid groups (broad SMARTS) is 1. The molecule has 0 unspecified atom stereocenters. The summed E-state index contributed by atoms with van der Waals surface area (Å²) in [6.45, 7) is 4.73. The van der Waals surface area contributed by atoms with Gasteiger partial charge in [-0.15, -0.1) is 0 Å². The highest BCUT2D eigenvalue weighted by Gasteiger charge is 2.34. The van der Waals surface area contributed by atoms with Crippen LogP contribution < -0.4 is 10.6 Å². The van der Waals surface area contributed by atoms with Crippen LogP contribution in [0, 0.1) is 0 Å². The van der Waals surface area contributed by atoms with Crippen LogP contribution in [0.15, 0.2) is 66.9 Å². The molecule has 1 aliphatic rings. The lowest BCUT2D eigenvalue weighted by Crippen LogP contribution is -2.45. The average molecular weight is 473 g/mol. The third-order valence-corrected chi connectivity index (χ3v) is 6.12. The van der Waals surface area contributed by atoms with Crippen LogP contribution in [0.4, 0.5) is 16.3 Å². The third kappa shape index (κ3) is 5.66. The number of pyridine rings is 1. The maximum Gasteiger partial charge on any atom is 0.335 e. The van der Waals surface area contributed by atoms with Gasteiger partial charge in [-0.25, -0.2) is 14.6 Å². The average Bonchev–Trinajstić information content (AvgIpc) is 3.35. The minimum absolute atomic E-state index is 0.211. The molecule has 0 bridgehead atoms. The van der Waals surface area contributed by atoms with E-state index >= 15 is 0 Å². The highest BCUT2D eigenvalue weighted by Crippen LogP contribution is 2.23. The second-order valence-electron chi connectivity index (χ2n) is 8.86. The molecule has 3 amide bonds. The van der Waals surface area contributed by atoms with Crippen LogP contribution in [0.5, 0.6) is 0 Å². The predicted molar refractivity (Wildman–Crippen MR) is 135 cm³/mol. The quantitative estimate of drug-likeness (QED) is 0.456. The summed E-state index contributed by atoms with van der Waals surface area (Å²) in [5.41, 5.74) is 3.71. The van der Waals surface area contributed by atoms with Gasteiger partial charge in [-0.2, -0.15) is 0 Å². The van der Waals surface area contributed by atoms with Gasteiger partial charge in [0.25, 0.3) is 0 Å². The number of nitrogens with zero attached hydrogens (tertiary/aromatic N) is 2. The van der Waals surface area contributed by atoms with E-state index in [1.807, 2.05) is 24.3 Å². The molecule has 8 heteroatoms. The van der Waals surface area contributed by atoms with E-state index in [0.29, 0.717) is 30.4 Å². The minimum atomic E-state index is -0.980. The third-order valence-electron chi connectivity index (χ3n) is 6.12. The van der Waals surface area contributed by atoms with Crippen LogP contribution in [0.1, 0.15) is 48.5 Å². The van der Waals surface area contributed by atoms with Crippen molar-refractivity contribution >= 4 is 29.4 Å². The Labute approximate surface area is 204 Å². The van der Waals surface area contributed by atoms with E-state index in [2.05, 4.69) is 29.5 Å². The van der Waals surface area contributed by atoms with Crippen LogP contribution in [0.25, 0.3) is 11.1 Å². The lowest BCUT2D eigenvalue weighted by Gasteiger charge is -2.24. The monoisotopic (exact) mass is 472 g/mol. The highest BCUT2D eigenvalue weighted by atomic mass is 16.4. The minimum Gasteiger partial charge on any atom is -0.478 e. The lowest BCUT2D eigenvalue weighted by atomic mass is 10.0. The molecule has 0 aliphatic carbocycles. The van der Waals surface area contributed by atoms with Gasteiger partial charge >= 0.3 is 12.0 Å². The standard InChI is InChI=1S/C27H28N4O4/c1-17(2)18-9-12-22(13-10-18)29-27(35)31-15-3-4-23(31)25(32)30-24-14-11-21(16-28-24)19-5-7-20(8-6-19)26(33)34/h5-14,16-17,23H,3-4,15H2,1-2H3,(H,29,35)(H,33,34)(H,28,30,32)/t23-/m1/s1. The fourth-order valence-electron chi connectivity index (χ4n) is 4.08. The Morgan fingerprint density at radius 1 is 0.943 bits per heavy atom. The summed E-state index contributed by atoms with van der Waals surface area (Å²) < 4.78 is 0.